The molecule has 1 aliphatic rings. The van der Waals surface area contributed by atoms with Gasteiger partial charge in [-0.1, -0.05) is 0 Å². The first-order valence-electron chi connectivity index (χ1n) is 6.00. The van der Waals surface area contributed by atoms with E-state index >= 15 is 0 Å². The van der Waals surface area contributed by atoms with Crippen molar-refractivity contribution in [3.63, 3.8) is 0 Å². The van der Waals surface area contributed by atoms with Crippen molar-refractivity contribution in [2.24, 2.45) is 0 Å². The van der Waals surface area contributed by atoms with E-state index in [4.69, 9.17) is 5.73 Å². The fourth-order valence-corrected chi connectivity index (χ4v) is 3.78. The summed E-state index contributed by atoms with van der Waals surface area (Å²) in [5.41, 5.74) is 7.74. The van der Waals surface area contributed by atoms with Crippen LogP contribution < -0.4 is 10.0 Å². The Morgan fingerprint density at radius 1 is 1.25 bits per heavy atom. The van der Waals surface area contributed by atoms with Crippen LogP contribution in [0.1, 0.15) is 5.56 Å². The van der Waals surface area contributed by atoms with Crippen molar-refractivity contribution in [2.45, 2.75) is 11.3 Å². The minimum Gasteiger partial charge on any atom is -0.399 e. The van der Waals surface area contributed by atoms with Crippen LogP contribution >= 0.6 is 0 Å². The Kier molecular flexibility index (Phi) is 2.86. The van der Waals surface area contributed by atoms with E-state index < -0.39 is 15.8 Å². The van der Waals surface area contributed by atoms with Crippen LogP contribution in [-0.4, -0.2) is 19.9 Å². The molecule has 0 saturated heterocycles. The molecule has 104 valence electrons. The summed E-state index contributed by atoms with van der Waals surface area (Å²) in [5.74, 6) is -0.678. The van der Waals surface area contributed by atoms with Gasteiger partial charge in [-0.05, 0) is 36.2 Å². The molecule has 3 rings (SSSR count). The predicted octanol–water partition coefficient (Wildman–Crippen LogP) is 1.55. The minimum atomic E-state index is -3.80. The van der Waals surface area contributed by atoms with Crippen molar-refractivity contribution in [1.29, 1.82) is 0 Å². The van der Waals surface area contributed by atoms with Gasteiger partial charge in [0.1, 0.15) is 10.7 Å². The third kappa shape index (κ3) is 2.00. The number of hydrogen-bond acceptors (Lipinski definition) is 4. The van der Waals surface area contributed by atoms with Gasteiger partial charge in [0.2, 0.25) is 0 Å². The van der Waals surface area contributed by atoms with Gasteiger partial charge < -0.3 is 5.73 Å². The number of rotatable bonds is 2. The molecule has 1 aromatic heterocycles. The van der Waals surface area contributed by atoms with Crippen molar-refractivity contribution in [1.82, 2.24) is 4.98 Å². The number of nitrogens with two attached hydrogens (primary N) is 1. The lowest BCUT2D eigenvalue weighted by Crippen LogP contribution is -2.29. The van der Waals surface area contributed by atoms with E-state index in [-0.39, 0.29) is 4.90 Å². The Labute approximate surface area is 115 Å². The SMILES string of the molecule is Nc1ccc2c(c1)CCN2S(=O)(=O)c1cncc(F)c1. The van der Waals surface area contributed by atoms with E-state index in [1.807, 2.05) is 0 Å². The van der Waals surface area contributed by atoms with Crippen LogP contribution in [0.5, 0.6) is 0 Å². The number of sulfonamides is 1. The highest BCUT2D eigenvalue weighted by Gasteiger charge is 2.31. The largest absolute Gasteiger partial charge is 0.399 e. The lowest BCUT2D eigenvalue weighted by Gasteiger charge is -2.19. The molecule has 1 aliphatic heterocycles. The summed E-state index contributed by atoms with van der Waals surface area (Å²) in [6, 6.07) is 6.05. The average molecular weight is 293 g/mol. The Hall–Kier alpha value is -2.15. The van der Waals surface area contributed by atoms with Crippen molar-refractivity contribution in [3.05, 3.63) is 48.0 Å². The summed E-state index contributed by atoms with van der Waals surface area (Å²) in [7, 11) is -3.80. The van der Waals surface area contributed by atoms with Crippen molar-refractivity contribution < 1.29 is 12.8 Å². The summed E-state index contributed by atoms with van der Waals surface area (Å²) >= 11 is 0. The number of halogens is 1. The zero-order valence-corrected chi connectivity index (χ0v) is 11.3. The molecule has 1 aromatic carbocycles. The first-order chi connectivity index (χ1) is 9.48. The molecule has 2 heterocycles. The molecule has 0 unspecified atom stereocenters. The van der Waals surface area contributed by atoms with Gasteiger partial charge in [-0.25, -0.2) is 12.8 Å². The van der Waals surface area contributed by atoms with Crippen LogP contribution in [0.3, 0.4) is 0 Å². The van der Waals surface area contributed by atoms with Gasteiger partial charge in [-0.2, -0.15) is 0 Å². The number of benzene rings is 1. The Balaban J connectivity index is 2.07. The standard InChI is InChI=1S/C13H12FN3O2S/c14-10-6-12(8-16-7-10)20(18,19)17-4-3-9-5-11(15)1-2-13(9)17/h1-2,5-8H,3-4,15H2. The van der Waals surface area contributed by atoms with Crippen LogP contribution in [0.15, 0.2) is 41.6 Å². The van der Waals surface area contributed by atoms with Crippen LogP contribution in [0.4, 0.5) is 15.8 Å². The molecule has 20 heavy (non-hydrogen) atoms. The molecular formula is C13H12FN3O2S. The van der Waals surface area contributed by atoms with Crippen LogP contribution in [0.25, 0.3) is 0 Å². The van der Waals surface area contributed by atoms with Gasteiger partial charge in [-0.3, -0.25) is 9.29 Å². The van der Waals surface area contributed by atoms with Gasteiger partial charge >= 0.3 is 0 Å². The zero-order chi connectivity index (χ0) is 14.3. The van der Waals surface area contributed by atoms with Crippen LogP contribution in [0.2, 0.25) is 0 Å². The van der Waals surface area contributed by atoms with Crippen molar-refractivity contribution >= 4 is 21.4 Å². The second-order valence-electron chi connectivity index (χ2n) is 4.55. The number of nitrogens with zero attached hydrogens (tertiary/aromatic N) is 2. The smallest absolute Gasteiger partial charge is 0.265 e. The van der Waals surface area contributed by atoms with Gasteiger partial charge in [0.05, 0.1) is 11.9 Å². The highest BCUT2D eigenvalue weighted by Crippen LogP contribution is 2.33. The number of pyridine rings is 1. The maximum absolute atomic E-state index is 13.2. The maximum atomic E-state index is 13.2. The molecule has 0 fully saturated rings. The molecule has 0 amide bonds. The molecule has 2 aromatic rings. The van der Waals surface area contributed by atoms with Gasteiger partial charge in [0.15, 0.2) is 0 Å². The second kappa shape index (κ2) is 4.45. The molecule has 0 aliphatic carbocycles. The van der Waals surface area contributed by atoms with Gasteiger partial charge in [0, 0.05) is 18.4 Å². The average Bonchev–Trinajstić information content (AvgIpc) is 2.82. The lowest BCUT2D eigenvalue weighted by molar-refractivity contribution is 0.585. The lowest BCUT2D eigenvalue weighted by atomic mass is 10.1. The molecule has 2 N–H and O–H groups in total. The molecule has 7 heteroatoms. The Morgan fingerprint density at radius 2 is 2.05 bits per heavy atom. The Bertz CT molecular complexity index is 777. The topological polar surface area (TPSA) is 76.3 Å². The molecule has 0 spiro atoms. The molecule has 0 bridgehead atoms. The fourth-order valence-electron chi connectivity index (χ4n) is 2.30. The molecule has 0 radical (unpaired) electrons. The predicted molar refractivity (Wildman–Crippen MR) is 73.3 cm³/mol. The van der Waals surface area contributed by atoms with Crippen LogP contribution in [-0.2, 0) is 16.4 Å². The fraction of sp³-hybridized carbons (Fsp3) is 0.154. The number of nitrogen functional groups attached to an aromatic ring is 1. The molecule has 0 saturated carbocycles. The highest BCUT2D eigenvalue weighted by atomic mass is 32.2. The quantitative estimate of drug-likeness (QED) is 0.852. The highest BCUT2D eigenvalue weighted by molar-refractivity contribution is 7.92. The van der Waals surface area contributed by atoms with E-state index in [1.165, 1.54) is 4.31 Å². The van der Waals surface area contributed by atoms with Gasteiger partial charge in [-0.15, -0.1) is 0 Å². The zero-order valence-electron chi connectivity index (χ0n) is 10.5. The molecular weight excluding hydrogens is 281 g/mol. The minimum absolute atomic E-state index is 0.151. The summed E-state index contributed by atoms with van der Waals surface area (Å²) in [5, 5.41) is 0. The van der Waals surface area contributed by atoms with Crippen molar-refractivity contribution in [2.75, 3.05) is 16.6 Å². The van der Waals surface area contributed by atoms with E-state index in [9.17, 15) is 12.8 Å². The second-order valence-corrected chi connectivity index (χ2v) is 6.42. The van der Waals surface area contributed by atoms with E-state index in [0.29, 0.717) is 24.3 Å². The first-order valence-corrected chi connectivity index (χ1v) is 7.44. The van der Waals surface area contributed by atoms with E-state index in [0.717, 1.165) is 24.0 Å². The summed E-state index contributed by atoms with van der Waals surface area (Å²) in [4.78, 5) is 3.44. The summed E-state index contributed by atoms with van der Waals surface area (Å²) < 4.78 is 39.5. The van der Waals surface area contributed by atoms with E-state index in [2.05, 4.69) is 4.98 Å². The Morgan fingerprint density at radius 3 is 2.80 bits per heavy atom. The number of hydrogen-bond donors (Lipinski definition) is 1. The summed E-state index contributed by atoms with van der Waals surface area (Å²) in [6.45, 7) is 0.317. The number of fused-ring (bicyclic) bond motifs is 1. The third-order valence-electron chi connectivity index (χ3n) is 3.22. The van der Waals surface area contributed by atoms with Crippen LogP contribution in [0, 0.1) is 5.82 Å². The maximum Gasteiger partial charge on any atom is 0.265 e. The normalized spacial score (nSPS) is 14.3. The van der Waals surface area contributed by atoms with E-state index in [1.54, 1.807) is 18.2 Å². The molecule has 0 atom stereocenters. The monoisotopic (exact) mass is 293 g/mol. The van der Waals surface area contributed by atoms with Gasteiger partial charge in [0.25, 0.3) is 10.0 Å². The molecule has 5 nitrogen and oxygen atoms in total. The summed E-state index contributed by atoms with van der Waals surface area (Å²) in [6.07, 6.45) is 2.70. The first kappa shape index (κ1) is 12.9. The number of aromatic nitrogens is 1. The number of anilines is 2. The van der Waals surface area contributed by atoms with Crippen molar-refractivity contribution in [3.8, 4) is 0 Å². The third-order valence-corrected chi connectivity index (χ3v) is 5.00.